The molecule has 10 heteroatoms. The summed E-state index contributed by atoms with van der Waals surface area (Å²) >= 11 is 0. The largest absolute Gasteiger partial charge is 0.381 e. The maximum Gasteiger partial charge on any atom is 0.222 e. The van der Waals surface area contributed by atoms with Crippen LogP contribution in [-0.2, 0) is 19.4 Å². The molecule has 1 aliphatic rings. The van der Waals surface area contributed by atoms with Crippen LogP contribution in [0.3, 0.4) is 0 Å². The van der Waals surface area contributed by atoms with E-state index in [1.54, 1.807) is 0 Å². The molecule has 0 aliphatic carbocycles. The van der Waals surface area contributed by atoms with Crippen LogP contribution in [0.5, 0.6) is 0 Å². The molecule has 1 aliphatic heterocycles. The van der Waals surface area contributed by atoms with Gasteiger partial charge in [-0.1, -0.05) is 13.3 Å². The minimum absolute atomic E-state index is 0. The van der Waals surface area contributed by atoms with Crippen molar-refractivity contribution in [3.05, 3.63) is 0 Å². The van der Waals surface area contributed by atoms with Gasteiger partial charge in [-0.3, -0.25) is 9.79 Å². The van der Waals surface area contributed by atoms with Gasteiger partial charge in [-0.05, 0) is 26.2 Å². The van der Waals surface area contributed by atoms with Crippen LogP contribution in [0.2, 0.25) is 0 Å². The monoisotopic (exact) mass is 518 g/mol. The average molecular weight is 518 g/mol. The molecule has 1 saturated heterocycles. The molecule has 1 unspecified atom stereocenters. The zero-order valence-corrected chi connectivity index (χ0v) is 19.6. The lowest BCUT2D eigenvalue weighted by atomic mass is 10.2. The number of guanidine groups is 1. The van der Waals surface area contributed by atoms with Gasteiger partial charge in [0.25, 0.3) is 0 Å². The number of nitrogens with one attached hydrogen (secondary N) is 3. The molecule has 0 aromatic carbocycles. The summed E-state index contributed by atoms with van der Waals surface area (Å²) in [6.07, 6.45) is 3.86. The zero-order valence-electron chi connectivity index (χ0n) is 16.5. The standard InChI is InChI=1S/C17H34N4O4S.HI/c1-3-5-11-25-12-6-9-19-17(18-4-2)20-10-7-16(22)21-15-8-13-26(23,24)14-15;/h15H,3-14H2,1-2H3,(H,21,22)(H2,18,19,20);1H. The van der Waals surface area contributed by atoms with E-state index in [0.29, 0.717) is 32.1 Å². The highest BCUT2D eigenvalue weighted by Gasteiger charge is 2.28. The molecule has 1 amide bonds. The minimum atomic E-state index is -2.97. The molecule has 8 nitrogen and oxygen atoms in total. The molecule has 1 rings (SSSR count). The van der Waals surface area contributed by atoms with Crippen molar-refractivity contribution < 1.29 is 17.9 Å². The van der Waals surface area contributed by atoms with Crippen molar-refractivity contribution in [2.75, 3.05) is 44.4 Å². The third-order valence-electron chi connectivity index (χ3n) is 3.95. The molecule has 0 radical (unpaired) electrons. The van der Waals surface area contributed by atoms with Crippen LogP contribution in [0.15, 0.2) is 4.99 Å². The van der Waals surface area contributed by atoms with E-state index in [-0.39, 0.29) is 53.9 Å². The SMILES string of the molecule is CCCCOCCCN=C(NCC)NCCC(=O)NC1CCS(=O)(=O)C1.I. The summed E-state index contributed by atoms with van der Waals surface area (Å²) in [4.78, 5) is 16.4. The summed E-state index contributed by atoms with van der Waals surface area (Å²) in [7, 11) is -2.97. The maximum atomic E-state index is 11.9. The number of carbonyl (C=O) groups excluding carboxylic acids is 1. The summed E-state index contributed by atoms with van der Waals surface area (Å²) in [6, 6.07) is -0.248. The maximum absolute atomic E-state index is 11.9. The number of hydrogen-bond donors (Lipinski definition) is 3. The second kappa shape index (κ2) is 15.3. The highest BCUT2D eigenvalue weighted by Crippen LogP contribution is 2.11. The first kappa shape index (κ1) is 26.4. The number of halogens is 1. The van der Waals surface area contributed by atoms with E-state index in [0.717, 1.165) is 32.4 Å². The highest BCUT2D eigenvalue weighted by molar-refractivity contribution is 14.0. The molecule has 1 fully saturated rings. The fraction of sp³-hybridized carbons (Fsp3) is 0.882. The van der Waals surface area contributed by atoms with E-state index >= 15 is 0 Å². The Hall–Kier alpha value is -0.620. The summed E-state index contributed by atoms with van der Waals surface area (Å²) in [6.45, 7) is 7.48. The number of unbranched alkanes of at least 4 members (excludes halogenated alkanes) is 1. The summed E-state index contributed by atoms with van der Waals surface area (Å²) in [5.41, 5.74) is 0. The Morgan fingerprint density at radius 3 is 2.56 bits per heavy atom. The lowest BCUT2D eigenvalue weighted by molar-refractivity contribution is -0.121. The molecule has 160 valence electrons. The van der Waals surface area contributed by atoms with Crippen molar-refractivity contribution in [1.82, 2.24) is 16.0 Å². The first-order valence-electron chi connectivity index (χ1n) is 9.56. The third kappa shape index (κ3) is 13.2. The lowest BCUT2D eigenvalue weighted by Gasteiger charge is -2.13. The summed E-state index contributed by atoms with van der Waals surface area (Å²) in [5, 5.41) is 9.04. The number of sulfone groups is 1. The third-order valence-corrected chi connectivity index (χ3v) is 5.71. The lowest BCUT2D eigenvalue weighted by Crippen LogP contribution is -2.41. The van der Waals surface area contributed by atoms with Gasteiger partial charge in [0.15, 0.2) is 15.8 Å². The van der Waals surface area contributed by atoms with E-state index in [9.17, 15) is 13.2 Å². The summed E-state index contributed by atoms with van der Waals surface area (Å²) in [5.74, 6) is 0.753. The van der Waals surface area contributed by atoms with E-state index in [2.05, 4.69) is 27.9 Å². The van der Waals surface area contributed by atoms with E-state index in [1.165, 1.54) is 0 Å². The first-order chi connectivity index (χ1) is 12.5. The molecule has 0 saturated carbocycles. The van der Waals surface area contributed by atoms with Gasteiger partial charge in [-0.2, -0.15) is 0 Å². The molecule has 1 atom stereocenters. The van der Waals surface area contributed by atoms with E-state index in [4.69, 9.17) is 4.74 Å². The van der Waals surface area contributed by atoms with Crippen LogP contribution in [0.1, 0.15) is 46.0 Å². The van der Waals surface area contributed by atoms with Gasteiger partial charge >= 0.3 is 0 Å². The van der Waals surface area contributed by atoms with Gasteiger partial charge in [0.1, 0.15) is 0 Å². The highest BCUT2D eigenvalue weighted by atomic mass is 127. The normalized spacial score (nSPS) is 18.6. The predicted molar refractivity (Wildman–Crippen MR) is 120 cm³/mol. The van der Waals surface area contributed by atoms with Crippen LogP contribution in [0.25, 0.3) is 0 Å². The number of aliphatic imine (C=N–C) groups is 1. The van der Waals surface area contributed by atoms with Crippen LogP contribution in [0, 0.1) is 0 Å². The van der Waals surface area contributed by atoms with Crippen LogP contribution in [0.4, 0.5) is 0 Å². The predicted octanol–water partition coefficient (Wildman–Crippen LogP) is 1.06. The van der Waals surface area contributed by atoms with E-state index in [1.807, 2.05) is 6.92 Å². The smallest absolute Gasteiger partial charge is 0.222 e. The number of carbonyl (C=O) groups is 1. The van der Waals surface area contributed by atoms with Gasteiger partial charge in [0, 0.05) is 45.3 Å². The quantitative estimate of drug-likeness (QED) is 0.154. The fourth-order valence-corrected chi connectivity index (χ4v) is 4.22. The van der Waals surface area contributed by atoms with Gasteiger partial charge < -0.3 is 20.7 Å². The van der Waals surface area contributed by atoms with Gasteiger partial charge in [-0.25, -0.2) is 8.42 Å². The second-order valence-corrected chi connectivity index (χ2v) is 8.65. The van der Waals surface area contributed by atoms with Gasteiger partial charge in [-0.15, -0.1) is 24.0 Å². The zero-order chi connectivity index (χ0) is 19.3. The van der Waals surface area contributed by atoms with E-state index < -0.39 is 9.84 Å². The number of hydrogen-bond acceptors (Lipinski definition) is 5. The van der Waals surface area contributed by atoms with Crippen LogP contribution < -0.4 is 16.0 Å². The van der Waals surface area contributed by atoms with Crippen molar-refractivity contribution in [3.63, 3.8) is 0 Å². The molecular weight excluding hydrogens is 483 g/mol. The Labute approximate surface area is 180 Å². The molecule has 1 heterocycles. The average Bonchev–Trinajstić information content (AvgIpc) is 2.92. The molecular formula is C17H35IN4O4S. The number of nitrogens with zero attached hydrogens (tertiary/aromatic N) is 1. The topological polar surface area (TPSA) is 109 Å². The second-order valence-electron chi connectivity index (χ2n) is 6.42. The van der Waals surface area contributed by atoms with Crippen molar-refractivity contribution in [3.8, 4) is 0 Å². The number of amides is 1. The van der Waals surface area contributed by atoms with Crippen molar-refractivity contribution in [1.29, 1.82) is 0 Å². The Kier molecular flexibility index (Phi) is 15.0. The van der Waals surface area contributed by atoms with Gasteiger partial charge in [0.05, 0.1) is 11.5 Å². The molecule has 0 bridgehead atoms. The Balaban J connectivity index is 0.00000676. The van der Waals surface area contributed by atoms with Gasteiger partial charge in [0.2, 0.25) is 5.91 Å². The number of ether oxygens (including phenoxy) is 1. The first-order valence-corrected chi connectivity index (χ1v) is 11.4. The number of rotatable bonds is 12. The molecule has 3 N–H and O–H groups in total. The molecule has 0 aromatic rings. The Morgan fingerprint density at radius 2 is 1.93 bits per heavy atom. The van der Waals surface area contributed by atoms with Crippen LogP contribution in [-0.4, -0.2) is 70.7 Å². The molecule has 27 heavy (non-hydrogen) atoms. The van der Waals surface area contributed by atoms with Crippen molar-refractivity contribution >= 4 is 45.7 Å². The minimum Gasteiger partial charge on any atom is -0.381 e. The summed E-state index contributed by atoms with van der Waals surface area (Å²) < 4.78 is 28.3. The molecule has 0 aromatic heterocycles. The Bertz CT molecular complexity index is 543. The Morgan fingerprint density at radius 1 is 1.19 bits per heavy atom. The molecule has 0 spiro atoms. The van der Waals surface area contributed by atoms with Crippen molar-refractivity contribution in [2.24, 2.45) is 4.99 Å². The van der Waals surface area contributed by atoms with Crippen molar-refractivity contribution in [2.45, 2.75) is 52.0 Å². The van der Waals surface area contributed by atoms with Crippen LogP contribution >= 0.6 is 24.0 Å². The fourth-order valence-electron chi connectivity index (χ4n) is 2.55.